The molecule has 3 rings (SSSR count). The Balaban J connectivity index is 1.62. The van der Waals surface area contributed by atoms with Crippen LogP contribution in [-0.4, -0.2) is 49.1 Å². The molecule has 0 spiro atoms. The fourth-order valence-corrected chi connectivity index (χ4v) is 2.49. The molecule has 150 valence electrons. The Labute approximate surface area is 162 Å². The van der Waals surface area contributed by atoms with E-state index in [1.54, 1.807) is 6.07 Å². The van der Waals surface area contributed by atoms with E-state index in [2.05, 4.69) is 20.6 Å². The number of non-ortho nitro benzene ring substituents is 1. The van der Waals surface area contributed by atoms with Crippen molar-refractivity contribution in [3.63, 3.8) is 0 Å². The van der Waals surface area contributed by atoms with Gasteiger partial charge in [0.25, 0.3) is 17.5 Å². The van der Waals surface area contributed by atoms with E-state index in [1.165, 1.54) is 24.3 Å². The lowest BCUT2D eigenvalue weighted by Crippen LogP contribution is -2.45. The highest BCUT2D eigenvalue weighted by atomic mass is 16.6. The van der Waals surface area contributed by atoms with Gasteiger partial charge in [-0.25, -0.2) is 4.98 Å². The van der Waals surface area contributed by atoms with Crippen molar-refractivity contribution in [2.24, 2.45) is 0 Å². The minimum absolute atomic E-state index is 0.148. The Bertz CT molecular complexity index is 1080. The fourth-order valence-electron chi connectivity index (χ4n) is 2.49. The highest BCUT2D eigenvalue weighted by Crippen LogP contribution is 2.19. The maximum atomic E-state index is 12.1. The summed E-state index contributed by atoms with van der Waals surface area (Å²) in [7, 11) is 0. The first kappa shape index (κ1) is 19.7. The van der Waals surface area contributed by atoms with Gasteiger partial charge in [0.2, 0.25) is 0 Å². The number of aromatic amines is 1. The van der Waals surface area contributed by atoms with Crippen molar-refractivity contribution in [1.82, 2.24) is 9.97 Å². The number of nitrogen functional groups attached to an aromatic ring is 1. The average Bonchev–Trinajstić information content (AvgIpc) is 3.06. The number of nitrogens with zero attached hydrogens (tertiary/aromatic N) is 2. The molecule has 29 heavy (non-hydrogen) atoms. The third-order valence-electron chi connectivity index (χ3n) is 3.95. The predicted octanol–water partition coefficient (Wildman–Crippen LogP) is 0.352. The molecule has 2 aromatic carbocycles. The monoisotopic (exact) mass is 400 g/mol. The Morgan fingerprint density at radius 3 is 2.17 bits per heavy atom. The van der Waals surface area contributed by atoms with E-state index in [0.29, 0.717) is 11.0 Å². The van der Waals surface area contributed by atoms with Gasteiger partial charge in [-0.15, -0.1) is 0 Å². The molecule has 0 aliphatic carbocycles. The maximum Gasteiger partial charge on any atom is 0.269 e. The molecule has 0 unspecified atom stereocenters. The number of aliphatic hydroxyl groups is 2. The lowest BCUT2D eigenvalue weighted by molar-refractivity contribution is -0.384. The number of amides is 2. The highest BCUT2D eigenvalue weighted by molar-refractivity contribution is 6.02. The van der Waals surface area contributed by atoms with Crippen LogP contribution in [0.1, 0.15) is 0 Å². The summed E-state index contributed by atoms with van der Waals surface area (Å²) in [5.41, 5.74) is 6.92. The smallest absolute Gasteiger partial charge is 0.269 e. The standard InChI is InChI=1S/C17H16N6O6/c18-17-21-11-6-3-9(7-12(11)22-17)20-16(27)14(25)13(24)15(26)19-8-1-4-10(5-2-8)23(28)29/h1-7,13-14,24-25H,(H,19,26)(H,20,27)(H3,18,21,22)/t13-,14-/m1/s1. The number of nitro benzene ring substituents is 1. The first-order chi connectivity index (χ1) is 13.7. The summed E-state index contributed by atoms with van der Waals surface area (Å²) in [5.74, 6) is -1.87. The van der Waals surface area contributed by atoms with Crippen molar-refractivity contribution < 1.29 is 24.7 Å². The summed E-state index contributed by atoms with van der Waals surface area (Å²) < 4.78 is 0. The van der Waals surface area contributed by atoms with Gasteiger partial charge in [0, 0.05) is 23.5 Å². The van der Waals surface area contributed by atoms with Crippen LogP contribution in [0.15, 0.2) is 42.5 Å². The molecule has 7 N–H and O–H groups in total. The number of rotatable bonds is 6. The number of anilines is 3. The van der Waals surface area contributed by atoms with E-state index < -0.39 is 28.9 Å². The minimum Gasteiger partial charge on any atom is -0.380 e. The largest absolute Gasteiger partial charge is 0.380 e. The van der Waals surface area contributed by atoms with E-state index in [-0.39, 0.29) is 23.0 Å². The summed E-state index contributed by atoms with van der Waals surface area (Å²) in [6, 6.07) is 9.43. The van der Waals surface area contributed by atoms with Crippen LogP contribution < -0.4 is 16.4 Å². The van der Waals surface area contributed by atoms with Gasteiger partial charge in [0.05, 0.1) is 16.0 Å². The molecule has 0 fully saturated rings. The molecule has 2 atom stereocenters. The first-order valence-electron chi connectivity index (χ1n) is 8.22. The zero-order chi connectivity index (χ0) is 21.1. The number of H-pyrrole nitrogens is 1. The van der Waals surface area contributed by atoms with Crippen LogP contribution in [0.5, 0.6) is 0 Å². The van der Waals surface area contributed by atoms with Gasteiger partial charge in [-0.3, -0.25) is 19.7 Å². The maximum absolute atomic E-state index is 12.1. The second-order valence-corrected chi connectivity index (χ2v) is 6.03. The SMILES string of the molecule is Nc1nc2ccc(NC(=O)[C@H](O)[C@@H](O)C(=O)Nc3ccc([N+](=O)[O-])cc3)cc2[nH]1. The van der Waals surface area contributed by atoms with Crippen LogP contribution in [0.3, 0.4) is 0 Å². The fraction of sp³-hybridized carbons (Fsp3) is 0.118. The van der Waals surface area contributed by atoms with Crippen molar-refractivity contribution in [1.29, 1.82) is 0 Å². The van der Waals surface area contributed by atoms with Gasteiger partial charge in [-0.1, -0.05) is 0 Å². The number of imidazole rings is 1. The van der Waals surface area contributed by atoms with Gasteiger partial charge >= 0.3 is 0 Å². The predicted molar refractivity (Wildman–Crippen MR) is 103 cm³/mol. The third-order valence-corrected chi connectivity index (χ3v) is 3.95. The number of fused-ring (bicyclic) bond motifs is 1. The lowest BCUT2D eigenvalue weighted by Gasteiger charge is -2.17. The van der Waals surface area contributed by atoms with E-state index in [4.69, 9.17) is 5.73 Å². The molecule has 2 amide bonds. The number of aromatic nitrogens is 2. The number of nitro groups is 1. The molecule has 0 radical (unpaired) electrons. The van der Waals surface area contributed by atoms with Gasteiger partial charge in [-0.2, -0.15) is 0 Å². The number of hydrogen-bond donors (Lipinski definition) is 6. The van der Waals surface area contributed by atoms with E-state index >= 15 is 0 Å². The molecule has 0 saturated heterocycles. The summed E-state index contributed by atoms with van der Waals surface area (Å²) in [6.45, 7) is 0. The Morgan fingerprint density at radius 2 is 1.59 bits per heavy atom. The summed E-state index contributed by atoms with van der Waals surface area (Å²) in [6.07, 6.45) is -4.13. The van der Waals surface area contributed by atoms with E-state index in [9.17, 15) is 29.9 Å². The number of hydrogen-bond acceptors (Lipinski definition) is 8. The Hall–Kier alpha value is -4.03. The van der Waals surface area contributed by atoms with Crippen LogP contribution in [0, 0.1) is 10.1 Å². The number of nitrogens with two attached hydrogens (primary N) is 1. The molecule has 0 bridgehead atoms. The topological polar surface area (TPSA) is 196 Å². The third kappa shape index (κ3) is 4.45. The Kier molecular flexibility index (Phi) is 5.38. The summed E-state index contributed by atoms with van der Waals surface area (Å²) in [5, 5.41) is 35.2. The number of nitrogens with one attached hydrogen (secondary N) is 3. The quantitative estimate of drug-likeness (QED) is 0.252. The van der Waals surface area contributed by atoms with Gasteiger partial charge < -0.3 is 31.6 Å². The van der Waals surface area contributed by atoms with Crippen molar-refractivity contribution in [3.05, 3.63) is 52.6 Å². The molecule has 3 aromatic rings. The minimum atomic E-state index is -2.07. The van der Waals surface area contributed by atoms with Gasteiger partial charge in [0.1, 0.15) is 0 Å². The highest BCUT2D eigenvalue weighted by Gasteiger charge is 2.30. The number of aliphatic hydroxyl groups excluding tert-OH is 2. The van der Waals surface area contributed by atoms with Gasteiger partial charge in [0.15, 0.2) is 18.2 Å². The molecule has 0 aliphatic rings. The Morgan fingerprint density at radius 1 is 1.03 bits per heavy atom. The zero-order valence-corrected chi connectivity index (χ0v) is 14.7. The zero-order valence-electron chi connectivity index (χ0n) is 14.7. The molecule has 0 saturated carbocycles. The van der Waals surface area contributed by atoms with Crippen molar-refractivity contribution in [3.8, 4) is 0 Å². The van der Waals surface area contributed by atoms with Crippen LogP contribution in [0.25, 0.3) is 11.0 Å². The summed E-state index contributed by atoms with van der Waals surface area (Å²) >= 11 is 0. The van der Waals surface area contributed by atoms with Crippen LogP contribution in [-0.2, 0) is 9.59 Å². The van der Waals surface area contributed by atoms with E-state index in [0.717, 1.165) is 12.1 Å². The van der Waals surface area contributed by atoms with Gasteiger partial charge in [-0.05, 0) is 30.3 Å². The molecule has 1 aromatic heterocycles. The second kappa shape index (κ2) is 7.92. The molecule has 0 aliphatic heterocycles. The molecule has 1 heterocycles. The number of benzene rings is 2. The lowest BCUT2D eigenvalue weighted by atomic mass is 10.1. The van der Waals surface area contributed by atoms with Crippen molar-refractivity contribution >= 4 is 45.9 Å². The normalized spacial score (nSPS) is 12.9. The van der Waals surface area contributed by atoms with Crippen molar-refractivity contribution in [2.75, 3.05) is 16.4 Å². The second-order valence-electron chi connectivity index (χ2n) is 6.03. The number of carbonyl (C=O) groups excluding carboxylic acids is 2. The van der Waals surface area contributed by atoms with Crippen LogP contribution in [0.4, 0.5) is 23.0 Å². The molecular weight excluding hydrogens is 384 g/mol. The van der Waals surface area contributed by atoms with Crippen LogP contribution in [0.2, 0.25) is 0 Å². The molecular formula is C17H16N6O6. The average molecular weight is 400 g/mol. The number of carbonyl (C=O) groups is 2. The molecule has 12 heteroatoms. The van der Waals surface area contributed by atoms with Crippen LogP contribution >= 0.6 is 0 Å². The first-order valence-corrected chi connectivity index (χ1v) is 8.22. The molecule has 12 nitrogen and oxygen atoms in total. The van der Waals surface area contributed by atoms with Crippen molar-refractivity contribution in [2.45, 2.75) is 12.2 Å². The van der Waals surface area contributed by atoms with E-state index in [1.807, 2.05) is 0 Å². The summed E-state index contributed by atoms with van der Waals surface area (Å²) in [4.78, 5) is 41.0.